The van der Waals surface area contributed by atoms with Gasteiger partial charge in [-0.25, -0.2) is 4.98 Å². The first kappa shape index (κ1) is 18.1. The first-order chi connectivity index (χ1) is 12.5. The molecule has 7 heteroatoms. The summed E-state index contributed by atoms with van der Waals surface area (Å²) in [7, 11) is 0. The van der Waals surface area contributed by atoms with Crippen LogP contribution in [0, 0.1) is 11.8 Å². The van der Waals surface area contributed by atoms with Gasteiger partial charge in [0.05, 0.1) is 0 Å². The number of carbonyl (C=O) groups excluding carboxylic acids is 2. The number of nitrogens with zero attached hydrogens (tertiary/aromatic N) is 2. The van der Waals surface area contributed by atoms with E-state index in [9.17, 15) is 9.59 Å². The molecule has 0 aliphatic heterocycles. The molecule has 1 aliphatic carbocycles. The summed E-state index contributed by atoms with van der Waals surface area (Å²) >= 11 is 0. The van der Waals surface area contributed by atoms with Gasteiger partial charge in [-0.05, 0) is 36.5 Å². The Hall–Kier alpha value is -2.70. The Kier molecular flexibility index (Phi) is 5.65. The van der Waals surface area contributed by atoms with Gasteiger partial charge in [0.2, 0.25) is 11.8 Å². The van der Waals surface area contributed by atoms with Gasteiger partial charge in [-0.15, -0.1) is 0 Å². The maximum absolute atomic E-state index is 12.3. The van der Waals surface area contributed by atoms with Crippen LogP contribution in [0.15, 0.2) is 35.2 Å². The van der Waals surface area contributed by atoms with Gasteiger partial charge in [0.1, 0.15) is 12.3 Å². The molecular formula is C19H24N4O3. The van der Waals surface area contributed by atoms with Crippen LogP contribution < -0.4 is 10.6 Å². The summed E-state index contributed by atoms with van der Waals surface area (Å²) in [5.74, 6) is 0.281. The van der Waals surface area contributed by atoms with Crippen molar-refractivity contribution >= 4 is 11.8 Å². The SMILES string of the molecule is CC(C)[C@H](NC(=O)C1CCC1)c1nc(C(=O)NCc2ccncc2)co1. The minimum atomic E-state index is -0.343. The van der Waals surface area contributed by atoms with Gasteiger partial charge in [0, 0.05) is 24.9 Å². The Labute approximate surface area is 152 Å². The molecule has 2 aromatic rings. The molecule has 0 spiro atoms. The van der Waals surface area contributed by atoms with Crippen molar-refractivity contribution in [3.8, 4) is 0 Å². The zero-order valence-corrected chi connectivity index (χ0v) is 15.1. The van der Waals surface area contributed by atoms with Gasteiger partial charge in [0.25, 0.3) is 5.91 Å². The molecule has 2 N–H and O–H groups in total. The van der Waals surface area contributed by atoms with Gasteiger partial charge >= 0.3 is 0 Å². The highest BCUT2D eigenvalue weighted by atomic mass is 16.3. The van der Waals surface area contributed by atoms with Crippen molar-refractivity contribution in [2.75, 3.05) is 0 Å². The molecule has 2 aromatic heterocycles. The number of carbonyl (C=O) groups is 2. The molecule has 1 aliphatic rings. The lowest BCUT2D eigenvalue weighted by Gasteiger charge is -2.27. The predicted octanol–water partition coefficient (Wildman–Crippen LogP) is 2.61. The average Bonchev–Trinajstić information content (AvgIpc) is 3.06. The van der Waals surface area contributed by atoms with Crippen molar-refractivity contribution in [3.05, 3.63) is 47.9 Å². The van der Waals surface area contributed by atoms with Crippen LogP contribution in [0.5, 0.6) is 0 Å². The number of hydrogen-bond donors (Lipinski definition) is 2. The lowest BCUT2D eigenvalue weighted by atomic mass is 9.84. The number of amides is 2. The van der Waals surface area contributed by atoms with Crippen LogP contribution in [-0.4, -0.2) is 21.8 Å². The zero-order chi connectivity index (χ0) is 18.5. The van der Waals surface area contributed by atoms with Crippen LogP contribution in [0.4, 0.5) is 0 Å². The number of oxazole rings is 1. The van der Waals surface area contributed by atoms with Crippen LogP contribution in [0.1, 0.15) is 61.1 Å². The minimum Gasteiger partial charge on any atom is -0.446 e. The highest BCUT2D eigenvalue weighted by molar-refractivity contribution is 5.91. The Morgan fingerprint density at radius 1 is 1.27 bits per heavy atom. The summed E-state index contributed by atoms with van der Waals surface area (Å²) in [5.41, 5.74) is 1.16. The molecule has 26 heavy (non-hydrogen) atoms. The fourth-order valence-corrected chi connectivity index (χ4v) is 2.76. The molecule has 2 heterocycles. The van der Waals surface area contributed by atoms with Crippen molar-refractivity contribution < 1.29 is 14.0 Å². The van der Waals surface area contributed by atoms with Crippen molar-refractivity contribution in [1.29, 1.82) is 0 Å². The molecular weight excluding hydrogens is 332 g/mol. The quantitative estimate of drug-likeness (QED) is 0.795. The Bertz CT molecular complexity index is 753. The van der Waals surface area contributed by atoms with Gasteiger partial charge in [-0.3, -0.25) is 14.6 Å². The molecule has 0 bridgehead atoms. The number of rotatable bonds is 7. The minimum absolute atomic E-state index is 0.0387. The molecule has 1 fully saturated rings. The summed E-state index contributed by atoms with van der Waals surface area (Å²) in [6.07, 6.45) is 7.66. The second kappa shape index (κ2) is 8.12. The van der Waals surface area contributed by atoms with Crippen LogP contribution >= 0.6 is 0 Å². The van der Waals surface area contributed by atoms with Gasteiger partial charge in [-0.1, -0.05) is 20.3 Å². The lowest BCUT2D eigenvalue weighted by molar-refractivity contribution is -0.128. The third kappa shape index (κ3) is 4.28. The number of aromatic nitrogens is 2. The standard InChI is InChI=1S/C19H24N4O3/c1-12(2)16(23-17(24)14-4-3-5-14)19-22-15(11-26-19)18(25)21-10-13-6-8-20-9-7-13/h6-9,11-12,14,16H,3-5,10H2,1-2H3,(H,21,25)(H,23,24)/t16-/m0/s1. The Morgan fingerprint density at radius 3 is 2.62 bits per heavy atom. The predicted molar refractivity (Wildman–Crippen MR) is 95.0 cm³/mol. The summed E-state index contributed by atoms with van der Waals surface area (Å²) < 4.78 is 5.50. The topological polar surface area (TPSA) is 97.1 Å². The first-order valence-corrected chi connectivity index (χ1v) is 8.97. The van der Waals surface area contributed by atoms with Crippen molar-refractivity contribution in [3.63, 3.8) is 0 Å². The average molecular weight is 356 g/mol. The molecule has 0 unspecified atom stereocenters. The molecule has 0 aromatic carbocycles. The van der Waals surface area contributed by atoms with Crippen LogP contribution in [0.3, 0.4) is 0 Å². The largest absolute Gasteiger partial charge is 0.446 e. The molecule has 1 saturated carbocycles. The highest BCUT2D eigenvalue weighted by Gasteiger charge is 2.30. The molecule has 7 nitrogen and oxygen atoms in total. The summed E-state index contributed by atoms with van der Waals surface area (Å²) in [5, 5.41) is 5.81. The number of nitrogens with one attached hydrogen (secondary N) is 2. The smallest absolute Gasteiger partial charge is 0.273 e. The van der Waals surface area contributed by atoms with E-state index in [0.717, 1.165) is 24.8 Å². The fraction of sp³-hybridized carbons (Fsp3) is 0.474. The zero-order valence-electron chi connectivity index (χ0n) is 15.1. The molecule has 0 radical (unpaired) electrons. The second-order valence-electron chi connectivity index (χ2n) is 6.97. The maximum atomic E-state index is 12.3. The van der Waals surface area contributed by atoms with E-state index in [-0.39, 0.29) is 35.4 Å². The van der Waals surface area contributed by atoms with Gasteiger partial charge < -0.3 is 15.1 Å². The third-order valence-corrected chi connectivity index (χ3v) is 4.66. The lowest BCUT2D eigenvalue weighted by Crippen LogP contribution is -2.39. The summed E-state index contributed by atoms with van der Waals surface area (Å²) in [6.45, 7) is 4.35. The van der Waals surface area contributed by atoms with Crippen molar-refractivity contribution in [2.45, 2.75) is 45.7 Å². The molecule has 3 rings (SSSR count). The van der Waals surface area contributed by atoms with Crippen molar-refractivity contribution in [2.24, 2.45) is 11.8 Å². The Balaban J connectivity index is 1.62. The third-order valence-electron chi connectivity index (χ3n) is 4.66. The van der Waals surface area contributed by atoms with E-state index in [4.69, 9.17) is 4.42 Å². The summed E-state index contributed by atoms with van der Waals surface area (Å²) in [6, 6.07) is 3.32. The van der Waals surface area contributed by atoms with Crippen LogP contribution in [0.2, 0.25) is 0 Å². The maximum Gasteiger partial charge on any atom is 0.273 e. The monoisotopic (exact) mass is 356 g/mol. The highest BCUT2D eigenvalue weighted by Crippen LogP contribution is 2.28. The normalized spacial score (nSPS) is 15.3. The summed E-state index contributed by atoms with van der Waals surface area (Å²) in [4.78, 5) is 32.8. The van der Waals surface area contributed by atoms with E-state index in [2.05, 4.69) is 20.6 Å². The van der Waals surface area contributed by atoms with Gasteiger partial charge in [0.15, 0.2) is 5.69 Å². The fourth-order valence-electron chi connectivity index (χ4n) is 2.76. The molecule has 138 valence electrons. The number of pyridine rings is 1. The van der Waals surface area contributed by atoms with E-state index >= 15 is 0 Å². The first-order valence-electron chi connectivity index (χ1n) is 8.97. The van der Waals surface area contributed by atoms with E-state index in [0.29, 0.717) is 12.4 Å². The van der Waals surface area contributed by atoms with E-state index < -0.39 is 0 Å². The van der Waals surface area contributed by atoms with Crippen molar-refractivity contribution in [1.82, 2.24) is 20.6 Å². The van der Waals surface area contributed by atoms with Crippen LogP contribution in [-0.2, 0) is 11.3 Å². The molecule has 1 atom stereocenters. The number of hydrogen-bond acceptors (Lipinski definition) is 5. The molecule has 2 amide bonds. The van der Waals surface area contributed by atoms with Gasteiger partial charge in [-0.2, -0.15) is 0 Å². The molecule has 0 saturated heterocycles. The second-order valence-corrected chi connectivity index (χ2v) is 6.97. The van der Waals surface area contributed by atoms with E-state index in [1.807, 2.05) is 26.0 Å². The van der Waals surface area contributed by atoms with Crippen LogP contribution in [0.25, 0.3) is 0 Å². The van der Waals surface area contributed by atoms with E-state index in [1.54, 1.807) is 12.4 Å². The Morgan fingerprint density at radius 2 is 2.00 bits per heavy atom. The van der Waals surface area contributed by atoms with E-state index in [1.165, 1.54) is 6.26 Å².